The van der Waals surface area contributed by atoms with Gasteiger partial charge in [-0.05, 0) is 37.5 Å². The van der Waals surface area contributed by atoms with Gasteiger partial charge in [0.2, 0.25) is 0 Å². The maximum absolute atomic E-state index is 6.19. The molecular formula is C15H19Cl2NO. The van der Waals surface area contributed by atoms with E-state index in [2.05, 4.69) is 18.3 Å². The third-order valence-corrected chi connectivity index (χ3v) is 5.61. The molecule has 0 spiro atoms. The van der Waals surface area contributed by atoms with E-state index in [0.29, 0.717) is 16.1 Å². The molecule has 4 heteroatoms. The SMILES string of the molecule is COC[C@@]12CN[C@@H](C)C[C@]1(c1ccc(Cl)c(Cl)c1)C2. The Bertz CT molecular complexity index is 507. The topological polar surface area (TPSA) is 21.3 Å². The van der Waals surface area contributed by atoms with Gasteiger partial charge >= 0.3 is 0 Å². The van der Waals surface area contributed by atoms with Crippen LogP contribution in [0.5, 0.6) is 0 Å². The maximum Gasteiger partial charge on any atom is 0.0595 e. The second kappa shape index (κ2) is 4.63. The van der Waals surface area contributed by atoms with Crippen LogP contribution in [0.3, 0.4) is 0 Å². The Morgan fingerprint density at radius 2 is 2.16 bits per heavy atom. The van der Waals surface area contributed by atoms with Crippen molar-refractivity contribution in [1.29, 1.82) is 0 Å². The number of benzene rings is 1. The first kappa shape index (κ1) is 13.7. The summed E-state index contributed by atoms with van der Waals surface area (Å²) in [6.45, 7) is 4.06. The van der Waals surface area contributed by atoms with Crippen LogP contribution >= 0.6 is 23.2 Å². The zero-order chi connectivity index (χ0) is 13.7. The highest BCUT2D eigenvalue weighted by molar-refractivity contribution is 6.42. The number of fused-ring (bicyclic) bond motifs is 1. The second-order valence-electron chi connectivity index (χ2n) is 6.09. The molecule has 0 unspecified atom stereocenters. The van der Waals surface area contributed by atoms with Gasteiger partial charge in [0.05, 0.1) is 16.7 Å². The normalized spacial score (nSPS) is 36.9. The average molecular weight is 300 g/mol. The molecule has 1 aliphatic carbocycles. The Kier molecular flexibility index (Phi) is 3.33. The van der Waals surface area contributed by atoms with Gasteiger partial charge in [0.25, 0.3) is 0 Å². The van der Waals surface area contributed by atoms with Gasteiger partial charge in [-0.25, -0.2) is 0 Å². The highest BCUT2D eigenvalue weighted by atomic mass is 35.5. The number of rotatable bonds is 3. The third-order valence-electron chi connectivity index (χ3n) is 4.87. The van der Waals surface area contributed by atoms with Crippen LogP contribution in [0.2, 0.25) is 10.0 Å². The molecule has 0 bridgehead atoms. The Morgan fingerprint density at radius 1 is 1.37 bits per heavy atom. The van der Waals surface area contributed by atoms with Crippen molar-refractivity contribution in [3.05, 3.63) is 33.8 Å². The van der Waals surface area contributed by atoms with Crippen molar-refractivity contribution < 1.29 is 4.74 Å². The monoisotopic (exact) mass is 299 g/mol. The van der Waals surface area contributed by atoms with Gasteiger partial charge in [0.15, 0.2) is 0 Å². The van der Waals surface area contributed by atoms with Gasteiger partial charge < -0.3 is 10.1 Å². The van der Waals surface area contributed by atoms with E-state index < -0.39 is 0 Å². The smallest absolute Gasteiger partial charge is 0.0595 e. The zero-order valence-corrected chi connectivity index (χ0v) is 12.8. The van der Waals surface area contributed by atoms with Crippen molar-refractivity contribution in [2.45, 2.75) is 31.2 Å². The molecule has 1 saturated carbocycles. The van der Waals surface area contributed by atoms with Crippen LogP contribution in [0.25, 0.3) is 0 Å². The quantitative estimate of drug-likeness (QED) is 0.920. The minimum absolute atomic E-state index is 0.210. The molecule has 3 atom stereocenters. The highest BCUT2D eigenvalue weighted by Gasteiger charge is 2.69. The van der Waals surface area contributed by atoms with Crippen LogP contribution in [0.15, 0.2) is 18.2 Å². The first-order valence-corrected chi connectivity index (χ1v) is 7.46. The molecular weight excluding hydrogens is 281 g/mol. The van der Waals surface area contributed by atoms with Crippen LogP contribution in [0.4, 0.5) is 0 Å². The van der Waals surface area contributed by atoms with E-state index in [4.69, 9.17) is 27.9 Å². The van der Waals surface area contributed by atoms with Crippen molar-refractivity contribution >= 4 is 23.2 Å². The molecule has 2 fully saturated rings. The van der Waals surface area contributed by atoms with Crippen molar-refractivity contribution in [2.75, 3.05) is 20.3 Å². The standard InChI is InChI=1S/C15H19Cl2NO/c1-10-6-15(7-14(15,8-18-10)9-19-2)11-3-4-12(16)13(17)5-11/h3-5,10,18H,6-9H2,1-2H3/t10-,14+,15+/m0/s1. The Hall–Kier alpha value is -0.280. The summed E-state index contributed by atoms with van der Waals surface area (Å²) in [7, 11) is 1.78. The molecule has 3 rings (SSSR count). The fourth-order valence-corrected chi connectivity index (χ4v) is 4.15. The summed E-state index contributed by atoms with van der Waals surface area (Å²) in [5, 5.41) is 4.86. The molecule has 2 nitrogen and oxygen atoms in total. The van der Waals surface area contributed by atoms with Crippen molar-refractivity contribution in [2.24, 2.45) is 5.41 Å². The molecule has 0 aromatic heterocycles. The summed E-state index contributed by atoms with van der Waals surface area (Å²) in [5.41, 5.74) is 1.75. The lowest BCUT2D eigenvalue weighted by molar-refractivity contribution is 0.108. The third kappa shape index (κ3) is 2.01. The van der Waals surface area contributed by atoms with Crippen LogP contribution in [0, 0.1) is 5.41 Å². The Balaban J connectivity index is 1.98. The predicted molar refractivity (Wildman–Crippen MR) is 79.1 cm³/mol. The van der Waals surface area contributed by atoms with E-state index in [1.807, 2.05) is 12.1 Å². The minimum atomic E-state index is 0.210. The molecule has 104 valence electrons. The minimum Gasteiger partial charge on any atom is -0.384 e. The Morgan fingerprint density at radius 3 is 2.84 bits per heavy atom. The molecule has 1 N–H and O–H groups in total. The number of hydrogen-bond acceptors (Lipinski definition) is 2. The molecule has 1 saturated heterocycles. The number of piperidine rings is 1. The van der Waals surface area contributed by atoms with E-state index in [0.717, 1.165) is 19.6 Å². The van der Waals surface area contributed by atoms with Gasteiger partial charge in [0, 0.05) is 30.5 Å². The first-order valence-electron chi connectivity index (χ1n) is 6.71. The summed E-state index contributed by atoms with van der Waals surface area (Å²) >= 11 is 12.2. The van der Waals surface area contributed by atoms with Crippen LogP contribution < -0.4 is 5.32 Å². The molecule has 19 heavy (non-hydrogen) atoms. The number of halogens is 2. The van der Waals surface area contributed by atoms with E-state index in [9.17, 15) is 0 Å². The second-order valence-corrected chi connectivity index (χ2v) is 6.90. The molecule has 0 radical (unpaired) electrons. The Labute approximate surface area is 124 Å². The highest BCUT2D eigenvalue weighted by Crippen LogP contribution is 2.68. The summed E-state index contributed by atoms with van der Waals surface area (Å²) in [6, 6.07) is 6.61. The van der Waals surface area contributed by atoms with E-state index in [-0.39, 0.29) is 10.8 Å². The van der Waals surface area contributed by atoms with E-state index in [1.165, 1.54) is 12.0 Å². The lowest BCUT2D eigenvalue weighted by Crippen LogP contribution is -2.45. The summed E-state index contributed by atoms with van der Waals surface area (Å²) in [6.07, 6.45) is 2.30. The van der Waals surface area contributed by atoms with E-state index in [1.54, 1.807) is 7.11 Å². The predicted octanol–water partition coefficient (Wildman–Crippen LogP) is 3.65. The van der Waals surface area contributed by atoms with Gasteiger partial charge in [0.1, 0.15) is 0 Å². The number of methoxy groups -OCH3 is 1. The molecule has 2 aliphatic rings. The van der Waals surface area contributed by atoms with Crippen molar-refractivity contribution in [1.82, 2.24) is 5.32 Å². The number of ether oxygens (including phenoxy) is 1. The van der Waals surface area contributed by atoms with Crippen molar-refractivity contribution in [3.63, 3.8) is 0 Å². The number of nitrogens with one attached hydrogen (secondary N) is 1. The van der Waals surface area contributed by atoms with Crippen LogP contribution in [0.1, 0.15) is 25.3 Å². The van der Waals surface area contributed by atoms with E-state index >= 15 is 0 Å². The fourth-order valence-electron chi connectivity index (χ4n) is 3.85. The molecule has 1 heterocycles. The van der Waals surface area contributed by atoms with Gasteiger partial charge in [-0.2, -0.15) is 0 Å². The largest absolute Gasteiger partial charge is 0.384 e. The molecule has 1 aromatic carbocycles. The van der Waals surface area contributed by atoms with Crippen molar-refractivity contribution in [3.8, 4) is 0 Å². The average Bonchev–Trinajstić information content (AvgIpc) is 3.02. The van der Waals surface area contributed by atoms with Crippen LogP contribution in [-0.4, -0.2) is 26.3 Å². The summed E-state index contributed by atoms with van der Waals surface area (Å²) in [4.78, 5) is 0. The maximum atomic E-state index is 6.19. The summed E-state index contributed by atoms with van der Waals surface area (Å²) in [5.74, 6) is 0. The molecule has 1 aliphatic heterocycles. The van der Waals surface area contributed by atoms with Crippen LogP contribution in [-0.2, 0) is 10.2 Å². The van der Waals surface area contributed by atoms with Gasteiger partial charge in [-0.3, -0.25) is 0 Å². The lowest BCUT2D eigenvalue weighted by atomic mass is 9.79. The molecule has 1 aromatic rings. The summed E-state index contributed by atoms with van der Waals surface area (Å²) < 4.78 is 5.46. The molecule has 0 amide bonds. The zero-order valence-electron chi connectivity index (χ0n) is 11.3. The van der Waals surface area contributed by atoms with Gasteiger partial charge in [-0.15, -0.1) is 0 Å². The fraction of sp³-hybridized carbons (Fsp3) is 0.600. The van der Waals surface area contributed by atoms with Gasteiger partial charge in [-0.1, -0.05) is 29.3 Å². The first-order chi connectivity index (χ1) is 9.03. The lowest BCUT2D eigenvalue weighted by Gasteiger charge is -2.35. The number of hydrogen-bond donors (Lipinski definition) is 1.